The van der Waals surface area contributed by atoms with E-state index in [1.165, 1.54) is 12.8 Å². The van der Waals surface area contributed by atoms with E-state index < -0.39 is 0 Å². The third-order valence-electron chi connectivity index (χ3n) is 3.28. The largest absolute Gasteiger partial charge is 0.356 e. The van der Waals surface area contributed by atoms with E-state index in [0.29, 0.717) is 6.54 Å². The molecule has 1 aromatic rings. The molecule has 1 aromatic carbocycles. The highest BCUT2D eigenvalue weighted by Gasteiger charge is 2.10. The second kappa shape index (κ2) is 8.39. The van der Waals surface area contributed by atoms with Crippen LogP contribution in [0.15, 0.2) is 30.3 Å². The second-order valence-electron chi connectivity index (χ2n) is 4.98. The summed E-state index contributed by atoms with van der Waals surface area (Å²) in [5.41, 5.74) is 1.09. The summed E-state index contributed by atoms with van der Waals surface area (Å²) in [4.78, 5) is 11.7. The summed E-state index contributed by atoms with van der Waals surface area (Å²) in [5.74, 6) is 6.13. The number of rotatable bonds is 5. The van der Waals surface area contributed by atoms with Crippen LogP contribution in [0.1, 0.15) is 37.7 Å². The number of ether oxygens (including phenoxy) is 1. The van der Waals surface area contributed by atoms with Gasteiger partial charge in [0.1, 0.15) is 12.7 Å². The van der Waals surface area contributed by atoms with Gasteiger partial charge in [0.25, 0.3) is 0 Å². The molecule has 0 fully saturated rings. The first kappa shape index (κ1) is 14.6. The Kier molecular flexibility index (Phi) is 6.13. The third-order valence-corrected chi connectivity index (χ3v) is 3.28. The van der Waals surface area contributed by atoms with Crippen molar-refractivity contribution in [3.63, 3.8) is 0 Å². The van der Waals surface area contributed by atoms with Crippen molar-refractivity contribution < 1.29 is 9.53 Å². The average Bonchev–Trinajstić information content (AvgIpc) is 2.45. The fraction of sp³-hybridized carbons (Fsp3) is 0.471. The van der Waals surface area contributed by atoms with Gasteiger partial charge in [-0.2, -0.15) is 0 Å². The van der Waals surface area contributed by atoms with Crippen molar-refractivity contribution >= 4 is 5.91 Å². The van der Waals surface area contributed by atoms with Crippen LogP contribution < -0.4 is 5.32 Å². The molecule has 0 bridgehead atoms. The molecule has 1 aliphatic carbocycles. The van der Waals surface area contributed by atoms with Gasteiger partial charge in [-0.3, -0.25) is 4.79 Å². The first-order valence-electron chi connectivity index (χ1n) is 7.25. The van der Waals surface area contributed by atoms with Gasteiger partial charge in [0.15, 0.2) is 0 Å². The van der Waals surface area contributed by atoms with Gasteiger partial charge in [0.05, 0.1) is 0 Å². The van der Waals surface area contributed by atoms with Gasteiger partial charge in [-0.25, -0.2) is 0 Å². The lowest BCUT2D eigenvalue weighted by Gasteiger charge is -2.13. The Balaban J connectivity index is 1.69. The molecular formula is C17H21NO2. The minimum atomic E-state index is -0.0855. The molecule has 2 rings (SSSR count). The lowest BCUT2D eigenvalue weighted by molar-refractivity contribution is -0.127. The minimum Gasteiger partial charge on any atom is -0.356 e. The predicted octanol–water partition coefficient (Wildman–Crippen LogP) is 2.66. The van der Waals surface area contributed by atoms with E-state index >= 15 is 0 Å². The smallest absolute Gasteiger partial charge is 0.246 e. The molecule has 0 aromatic heterocycles. The molecule has 20 heavy (non-hydrogen) atoms. The van der Waals surface area contributed by atoms with Gasteiger partial charge in [-0.15, -0.1) is 5.92 Å². The van der Waals surface area contributed by atoms with E-state index in [2.05, 4.69) is 17.2 Å². The third kappa shape index (κ3) is 5.46. The van der Waals surface area contributed by atoms with E-state index in [9.17, 15) is 4.79 Å². The SMILES string of the molecule is O=C(COC1C#CCCCCC1)NCc1ccccc1. The lowest BCUT2D eigenvalue weighted by Crippen LogP contribution is -2.29. The van der Waals surface area contributed by atoms with E-state index in [-0.39, 0.29) is 18.6 Å². The number of hydrogen-bond donors (Lipinski definition) is 1. The molecule has 1 amide bonds. The van der Waals surface area contributed by atoms with Gasteiger partial charge < -0.3 is 10.1 Å². The summed E-state index contributed by atoms with van der Waals surface area (Å²) < 4.78 is 5.58. The quantitative estimate of drug-likeness (QED) is 0.836. The first-order chi connectivity index (χ1) is 9.84. The predicted molar refractivity (Wildman–Crippen MR) is 78.9 cm³/mol. The first-order valence-corrected chi connectivity index (χ1v) is 7.25. The highest BCUT2D eigenvalue weighted by Crippen LogP contribution is 2.10. The highest BCUT2D eigenvalue weighted by atomic mass is 16.5. The van der Waals surface area contributed by atoms with Gasteiger partial charge in [-0.05, 0) is 24.8 Å². The van der Waals surface area contributed by atoms with Crippen LogP contribution in [-0.2, 0) is 16.1 Å². The summed E-state index contributed by atoms with van der Waals surface area (Å²) in [6, 6.07) is 9.86. The van der Waals surface area contributed by atoms with Crippen molar-refractivity contribution in [3.8, 4) is 11.8 Å². The van der Waals surface area contributed by atoms with Crippen molar-refractivity contribution in [1.29, 1.82) is 0 Å². The second-order valence-corrected chi connectivity index (χ2v) is 4.98. The molecule has 3 heteroatoms. The van der Waals surface area contributed by atoms with Crippen LogP contribution in [-0.4, -0.2) is 18.6 Å². The summed E-state index contributed by atoms with van der Waals surface area (Å²) in [5, 5.41) is 2.85. The van der Waals surface area contributed by atoms with Crippen LogP contribution >= 0.6 is 0 Å². The number of carbonyl (C=O) groups is 1. The van der Waals surface area contributed by atoms with Crippen LogP contribution in [0.3, 0.4) is 0 Å². The zero-order valence-electron chi connectivity index (χ0n) is 11.7. The Labute approximate surface area is 120 Å². The van der Waals surface area contributed by atoms with Crippen LogP contribution in [0.4, 0.5) is 0 Å². The Bertz CT molecular complexity index is 473. The maximum Gasteiger partial charge on any atom is 0.246 e. The summed E-state index contributed by atoms with van der Waals surface area (Å²) in [6.45, 7) is 0.631. The van der Waals surface area contributed by atoms with E-state index in [0.717, 1.165) is 24.8 Å². The van der Waals surface area contributed by atoms with E-state index in [4.69, 9.17) is 4.74 Å². The highest BCUT2D eigenvalue weighted by molar-refractivity contribution is 5.77. The fourth-order valence-electron chi connectivity index (χ4n) is 2.13. The fourth-order valence-corrected chi connectivity index (χ4v) is 2.13. The molecule has 1 unspecified atom stereocenters. The zero-order chi connectivity index (χ0) is 14.0. The molecule has 0 heterocycles. The van der Waals surface area contributed by atoms with Gasteiger partial charge in [-0.1, -0.05) is 42.7 Å². The van der Waals surface area contributed by atoms with Crippen molar-refractivity contribution in [2.45, 2.75) is 44.8 Å². The number of hydrogen-bond acceptors (Lipinski definition) is 2. The molecule has 0 spiro atoms. The maximum absolute atomic E-state index is 11.7. The molecule has 0 radical (unpaired) electrons. The normalized spacial score (nSPS) is 18.3. The van der Waals surface area contributed by atoms with E-state index in [1.54, 1.807) is 0 Å². The molecular weight excluding hydrogens is 250 g/mol. The van der Waals surface area contributed by atoms with Gasteiger partial charge >= 0.3 is 0 Å². The van der Waals surface area contributed by atoms with Crippen LogP contribution in [0.5, 0.6) is 0 Å². The average molecular weight is 271 g/mol. The Morgan fingerprint density at radius 3 is 2.95 bits per heavy atom. The van der Waals surface area contributed by atoms with Gasteiger partial charge in [0, 0.05) is 13.0 Å². The number of nitrogens with one attached hydrogen (secondary N) is 1. The topological polar surface area (TPSA) is 38.3 Å². The molecule has 0 saturated carbocycles. The lowest BCUT2D eigenvalue weighted by atomic mass is 10.1. The molecule has 106 valence electrons. The van der Waals surface area contributed by atoms with Crippen molar-refractivity contribution in [2.24, 2.45) is 0 Å². The summed E-state index contributed by atoms with van der Waals surface area (Å²) >= 11 is 0. The van der Waals surface area contributed by atoms with Crippen LogP contribution in [0.2, 0.25) is 0 Å². The Morgan fingerprint density at radius 1 is 1.25 bits per heavy atom. The Hall–Kier alpha value is -1.79. The zero-order valence-corrected chi connectivity index (χ0v) is 11.7. The Morgan fingerprint density at radius 2 is 2.10 bits per heavy atom. The van der Waals surface area contributed by atoms with Crippen molar-refractivity contribution in [3.05, 3.63) is 35.9 Å². The molecule has 1 N–H and O–H groups in total. The molecule has 3 nitrogen and oxygen atoms in total. The van der Waals surface area contributed by atoms with Crippen molar-refractivity contribution in [2.75, 3.05) is 6.61 Å². The number of benzene rings is 1. The number of amides is 1. The van der Waals surface area contributed by atoms with Gasteiger partial charge in [0.2, 0.25) is 5.91 Å². The summed E-state index contributed by atoms with van der Waals surface area (Å²) in [7, 11) is 0. The minimum absolute atomic E-state index is 0.0854. The molecule has 1 atom stereocenters. The van der Waals surface area contributed by atoms with Crippen LogP contribution in [0, 0.1) is 11.8 Å². The molecule has 1 aliphatic rings. The molecule has 0 saturated heterocycles. The summed E-state index contributed by atoms with van der Waals surface area (Å²) in [6.07, 6.45) is 5.30. The number of carbonyl (C=O) groups excluding carboxylic acids is 1. The monoisotopic (exact) mass is 271 g/mol. The maximum atomic E-state index is 11.7. The van der Waals surface area contributed by atoms with Crippen molar-refractivity contribution in [1.82, 2.24) is 5.32 Å². The van der Waals surface area contributed by atoms with Crippen LogP contribution in [0.25, 0.3) is 0 Å². The molecule has 0 aliphatic heterocycles. The standard InChI is InChI=1S/C17H21NO2/c19-17(18-13-15-9-5-4-6-10-15)14-20-16-11-7-2-1-3-8-12-16/h4-6,9-10,16H,1-3,7,11,13-14H2,(H,18,19). The van der Waals surface area contributed by atoms with E-state index in [1.807, 2.05) is 30.3 Å².